The van der Waals surface area contributed by atoms with E-state index in [1.807, 2.05) is 13.8 Å². The standard InChI is InChI=1S/C26H35ClN6O4S2/c1-16-19(15-32-7-5-18(6-8-32)26(2,3)34)22-23(38-16)21(29-25(30-22)33-9-11-37-12-10-33)17-13-20(24(27)28-14-17)31-39(4,35)36/h13-14,18,31,34H,5-12,15H2,1-4H3. The number of morpholine rings is 1. The number of rotatable bonds is 7. The van der Waals surface area contributed by atoms with Crippen LogP contribution in [0.1, 0.15) is 37.1 Å². The second kappa shape index (κ2) is 11.1. The number of anilines is 2. The third-order valence-corrected chi connectivity index (χ3v) is 9.53. The molecule has 0 saturated carbocycles. The van der Waals surface area contributed by atoms with Gasteiger partial charge in [-0.1, -0.05) is 11.6 Å². The minimum Gasteiger partial charge on any atom is -0.390 e. The van der Waals surface area contributed by atoms with Crippen LogP contribution in [0.2, 0.25) is 5.15 Å². The molecule has 0 radical (unpaired) electrons. The molecule has 2 fully saturated rings. The van der Waals surface area contributed by atoms with Crippen molar-refractivity contribution < 1.29 is 18.3 Å². The van der Waals surface area contributed by atoms with Crippen LogP contribution < -0.4 is 9.62 Å². The number of aromatic nitrogens is 3. The van der Waals surface area contributed by atoms with Crippen molar-refractivity contribution in [1.29, 1.82) is 0 Å². The number of piperidine rings is 1. The summed E-state index contributed by atoms with van der Waals surface area (Å²) in [6.45, 7) is 11.1. The zero-order valence-electron chi connectivity index (χ0n) is 22.7. The van der Waals surface area contributed by atoms with E-state index in [0.29, 0.717) is 49.4 Å². The van der Waals surface area contributed by atoms with Gasteiger partial charge in [-0.3, -0.25) is 9.62 Å². The summed E-state index contributed by atoms with van der Waals surface area (Å²) in [5.74, 6) is 0.913. The average Bonchev–Trinajstić information content (AvgIpc) is 3.19. The van der Waals surface area contributed by atoms with Crippen molar-refractivity contribution in [3.05, 3.63) is 27.9 Å². The Morgan fingerprint density at radius 1 is 1.21 bits per heavy atom. The van der Waals surface area contributed by atoms with Crippen molar-refractivity contribution in [2.45, 2.75) is 45.8 Å². The summed E-state index contributed by atoms with van der Waals surface area (Å²) < 4.78 is 32.8. The van der Waals surface area contributed by atoms with Crippen molar-refractivity contribution in [1.82, 2.24) is 19.9 Å². The van der Waals surface area contributed by atoms with Gasteiger partial charge < -0.3 is 14.7 Å². The molecule has 3 aromatic rings. The molecule has 212 valence electrons. The van der Waals surface area contributed by atoms with Crippen LogP contribution >= 0.6 is 22.9 Å². The first kappa shape index (κ1) is 28.4. The fourth-order valence-corrected chi connectivity index (χ4v) is 7.16. The fraction of sp³-hybridized carbons (Fsp3) is 0.577. The Bertz CT molecular complexity index is 1460. The lowest BCUT2D eigenvalue weighted by Crippen LogP contribution is -2.41. The van der Waals surface area contributed by atoms with Gasteiger partial charge in [-0.25, -0.2) is 23.4 Å². The number of likely N-dealkylation sites (tertiary alicyclic amines) is 1. The zero-order chi connectivity index (χ0) is 27.9. The summed E-state index contributed by atoms with van der Waals surface area (Å²) in [5, 5.41) is 10.5. The first-order valence-electron chi connectivity index (χ1n) is 13.1. The van der Waals surface area contributed by atoms with Crippen LogP contribution in [-0.4, -0.2) is 84.6 Å². The van der Waals surface area contributed by atoms with E-state index >= 15 is 0 Å². The van der Waals surface area contributed by atoms with Crippen molar-refractivity contribution in [2.24, 2.45) is 5.92 Å². The second-order valence-corrected chi connectivity index (χ2v) is 14.3. The Morgan fingerprint density at radius 3 is 2.54 bits per heavy atom. The molecule has 5 heterocycles. The largest absolute Gasteiger partial charge is 0.390 e. The number of nitrogens with zero attached hydrogens (tertiary/aromatic N) is 5. The fourth-order valence-electron chi connectivity index (χ4n) is 5.28. The Hall–Kier alpha value is -2.09. The SMILES string of the molecule is Cc1sc2c(-c3cnc(Cl)c(NS(C)(=O)=O)c3)nc(N3CCOCC3)nc2c1CN1CCC(C(C)(C)O)CC1. The zero-order valence-corrected chi connectivity index (χ0v) is 25.1. The predicted molar refractivity (Wildman–Crippen MR) is 156 cm³/mol. The number of sulfonamides is 1. The molecule has 0 atom stereocenters. The van der Waals surface area contributed by atoms with Crippen molar-refractivity contribution in [2.75, 3.05) is 55.3 Å². The maximum Gasteiger partial charge on any atom is 0.229 e. The third-order valence-electron chi connectivity index (χ3n) is 7.49. The van der Waals surface area contributed by atoms with Gasteiger partial charge in [-0.2, -0.15) is 0 Å². The molecule has 3 aromatic heterocycles. The van der Waals surface area contributed by atoms with Gasteiger partial charge in [-0.05, 0) is 58.7 Å². The highest BCUT2D eigenvalue weighted by atomic mass is 35.5. The number of halogens is 1. The number of nitrogens with one attached hydrogen (secondary N) is 1. The summed E-state index contributed by atoms with van der Waals surface area (Å²) in [6.07, 6.45) is 4.61. The number of hydrogen-bond acceptors (Lipinski definition) is 10. The molecule has 0 amide bonds. The van der Waals surface area contributed by atoms with E-state index < -0.39 is 15.6 Å². The second-order valence-electron chi connectivity index (χ2n) is 10.9. The van der Waals surface area contributed by atoms with Crippen LogP contribution in [0.4, 0.5) is 11.6 Å². The van der Waals surface area contributed by atoms with E-state index in [1.165, 1.54) is 10.4 Å². The molecule has 5 rings (SSSR count). The van der Waals surface area contributed by atoms with E-state index in [2.05, 4.69) is 26.4 Å². The van der Waals surface area contributed by atoms with Crippen molar-refractivity contribution >= 4 is 54.8 Å². The number of hydrogen-bond donors (Lipinski definition) is 2. The van der Waals surface area contributed by atoms with Crippen LogP contribution in [0.25, 0.3) is 21.5 Å². The summed E-state index contributed by atoms with van der Waals surface area (Å²) in [6, 6.07) is 1.68. The smallest absolute Gasteiger partial charge is 0.229 e. The monoisotopic (exact) mass is 594 g/mol. The molecule has 2 aliphatic rings. The number of aliphatic hydroxyl groups is 1. The van der Waals surface area contributed by atoms with Gasteiger partial charge in [-0.15, -0.1) is 11.3 Å². The minimum absolute atomic E-state index is 0.0698. The first-order valence-corrected chi connectivity index (χ1v) is 16.2. The van der Waals surface area contributed by atoms with E-state index in [-0.39, 0.29) is 10.8 Å². The van der Waals surface area contributed by atoms with E-state index in [0.717, 1.165) is 48.9 Å². The van der Waals surface area contributed by atoms with Crippen LogP contribution in [-0.2, 0) is 21.3 Å². The van der Waals surface area contributed by atoms with Gasteiger partial charge in [0.05, 0.1) is 46.7 Å². The molecule has 2 saturated heterocycles. The maximum atomic E-state index is 11.9. The summed E-state index contributed by atoms with van der Waals surface area (Å²) in [4.78, 5) is 20.0. The van der Waals surface area contributed by atoms with Gasteiger partial charge in [0.1, 0.15) is 0 Å². The molecule has 0 aliphatic carbocycles. The Morgan fingerprint density at radius 2 is 1.90 bits per heavy atom. The molecular weight excluding hydrogens is 560 g/mol. The molecule has 2 aliphatic heterocycles. The molecule has 13 heteroatoms. The highest BCUT2D eigenvalue weighted by Crippen LogP contribution is 2.40. The maximum absolute atomic E-state index is 11.9. The summed E-state index contributed by atoms with van der Waals surface area (Å²) in [7, 11) is -3.55. The predicted octanol–water partition coefficient (Wildman–Crippen LogP) is 3.91. The van der Waals surface area contributed by atoms with Gasteiger partial charge in [0.25, 0.3) is 0 Å². The van der Waals surface area contributed by atoms with Crippen molar-refractivity contribution in [3.8, 4) is 11.3 Å². The molecule has 39 heavy (non-hydrogen) atoms. The Kier molecular flexibility index (Phi) is 8.06. The van der Waals surface area contributed by atoms with E-state index in [4.69, 9.17) is 26.3 Å². The van der Waals surface area contributed by atoms with E-state index in [9.17, 15) is 13.5 Å². The highest BCUT2D eigenvalue weighted by molar-refractivity contribution is 7.92. The quantitative estimate of drug-likeness (QED) is 0.392. The van der Waals surface area contributed by atoms with Gasteiger partial charge >= 0.3 is 0 Å². The lowest BCUT2D eigenvalue weighted by molar-refractivity contribution is -0.0135. The van der Waals surface area contributed by atoms with Gasteiger partial charge in [0.2, 0.25) is 16.0 Å². The number of fused-ring (bicyclic) bond motifs is 1. The summed E-state index contributed by atoms with van der Waals surface area (Å²) >= 11 is 7.86. The lowest BCUT2D eigenvalue weighted by atomic mass is 9.83. The van der Waals surface area contributed by atoms with Crippen LogP contribution in [0.15, 0.2) is 12.3 Å². The lowest BCUT2D eigenvalue weighted by Gasteiger charge is -2.37. The minimum atomic E-state index is -3.55. The van der Waals surface area contributed by atoms with Crippen LogP contribution in [0, 0.1) is 12.8 Å². The number of ether oxygens (including phenoxy) is 1. The molecule has 0 spiro atoms. The third kappa shape index (κ3) is 6.47. The summed E-state index contributed by atoms with van der Waals surface area (Å²) in [5.41, 5.74) is 2.98. The van der Waals surface area contributed by atoms with Crippen LogP contribution in [0.3, 0.4) is 0 Å². The molecule has 10 nitrogen and oxygen atoms in total. The number of pyridine rings is 1. The molecule has 0 unspecified atom stereocenters. The first-order chi connectivity index (χ1) is 18.4. The molecular formula is C26H35ClN6O4S2. The van der Waals surface area contributed by atoms with Gasteiger partial charge in [0, 0.05) is 41.8 Å². The molecule has 2 N–H and O–H groups in total. The van der Waals surface area contributed by atoms with E-state index in [1.54, 1.807) is 23.6 Å². The highest BCUT2D eigenvalue weighted by Gasteiger charge is 2.31. The normalized spacial score (nSPS) is 18.2. The topological polar surface area (TPSA) is 121 Å². The van der Waals surface area contributed by atoms with Crippen LogP contribution in [0.5, 0.6) is 0 Å². The molecule has 0 aromatic carbocycles. The Labute approximate surface area is 238 Å². The average molecular weight is 595 g/mol. The van der Waals surface area contributed by atoms with Crippen molar-refractivity contribution in [3.63, 3.8) is 0 Å². The number of thiophene rings is 1. The van der Waals surface area contributed by atoms with Gasteiger partial charge in [0.15, 0.2) is 5.15 Å². The Balaban J connectivity index is 1.56. The molecule has 0 bridgehead atoms. The number of aryl methyl sites for hydroxylation is 1.